The van der Waals surface area contributed by atoms with Crippen LogP contribution >= 0.6 is 0 Å². The predicted octanol–water partition coefficient (Wildman–Crippen LogP) is -0.0320. The number of carbonyl (C=O) groups excluding carboxylic acids is 2. The molecule has 0 aliphatic carbocycles. The van der Waals surface area contributed by atoms with E-state index >= 15 is 0 Å². The first-order valence-corrected chi connectivity index (χ1v) is 8.86. The molecule has 0 spiro atoms. The van der Waals surface area contributed by atoms with Crippen molar-refractivity contribution >= 4 is 11.8 Å². The number of piperidine rings is 1. The molecular formula is C19H22N4O4. The standard InChI is InChI=1S/C19H22N4O4/c1-21-16(24)9-12-23(19(21)27)13-17(25)22-10-7-15(8-11-22)20-18(26)14-5-3-2-4-6-14/h2-6,9,12,15H,7-8,10-11,13H2,1H3,(H,20,26). The van der Waals surface area contributed by atoms with Gasteiger partial charge in [0.2, 0.25) is 5.91 Å². The Morgan fingerprint density at radius 1 is 1.07 bits per heavy atom. The van der Waals surface area contributed by atoms with E-state index in [-0.39, 0.29) is 24.4 Å². The largest absolute Gasteiger partial charge is 0.349 e. The third kappa shape index (κ3) is 4.33. The van der Waals surface area contributed by atoms with Crippen molar-refractivity contribution in [1.82, 2.24) is 19.4 Å². The molecule has 0 saturated carbocycles. The second-order valence-electron chi connectivity index (χ2n) is 6.62. The fraction of sp³-hybridized carbons (Fsp3) is 0.368. The molecule has 2 amide bonds. The van der Waals surface area contributed by atoms with E-state index in [2.05, 4.69) is 5.32 Å². The molecule has 1 aliphatic rings. The van der Waals surface area contributed by atoms with Crippen LogP contribution in [0.25, 0.3) is 0 Å². The van der Waals surface area contributed by atoms with Gasteiger partial charge in [-0.05, 0) is 25.0 Å². The Morgan fingerprint density at radius 2 is 1.74 bits per heavy atom. The van der Waals surface area contributed by atoms with Gasteiger partial charge in [0.15, 0.2) is 0 Å². The molecule has 1 fully saturated rings. The Labute approximate surface area is 156 Å². The fourth-order valence-electron chi connectivity index (χ4n) is 3.11. The van der Waals surface area contributed by atoms with Crippen LogP contribution in [0.5, 0.6) is 0 Å². The molecule has 0 bridgehead atoms. The van der Waals surface area contributed by atoms with Crippen LogP contribution in [0.2, 0.25) is 0 Å². The SMILES string of the molecule is Cn1c(=O)ccn(CC(=O)N2CCC(NC(=O)c3ccccc3)CC2)c1=O. The van der Waals surface area contributed by atoms with Crippen molar-refractivity contribution in [3.05, 3.63) is 69.0 Å². The molecule has 1 aromatic heterocycles. The topological polar surface area (TPSA) is 93.4 Å². The summed E-state index contributed by atoms with van der Waals surface area (Å²) in [5.41, 5.74) is -0.301. The molecule has 1 N–H and O–H groups in total. The summed E-state index contributed by atoms with van der Waals surface area (Å²) in [5, 5.41) is 3.00. The Morgan fingerprint density at radius 3 is 2.41 bits per heavy atom. The van der Waals surface area contributed by atoms with Crippen molar-refractivity contribution in [3.63, 3.8) is 0 Å². The highest BCUT2D eigenvalue weighted by Crippen LogP contribution is 2.12. The van der Waals surface area contributed by atoms with E-state index in [1.54, 1.807) is 17.0 Å². The summed E-state index contributed by atoms with van der Waals surface area (Å²) in [6, 6.07) is 10.3. The van der Waals surface area contributed by atoms with Gasteiger partial charge in [0.25, 0.3) is 11.5 Å². The number of aromatic nitrogens is 2. The second-order valence-corrected chi connectivity index (χ2v) is 6.62. The van der Waals surface area contributed by atoms with Gasteiger partial charge in [-0.3, -0.25) is 23.5 Å². The van der Waals surface area contributed by atoms with Crippen molar-refractivity contribution in [2.45, 2.75) is 25.4 Å². The zero-order chi connectivity index (χ0) is 19.4. The van der Waals surface area contributed by atoms with Crippen molar-refractivity contribution in [2.24, 2.45) is 7.05 Å². The number of nitrogens with one attached hydrogen (secondary N) is 1. The molecule has 27 heavy (non-hydrogen) atoms. The van der Waals surface area contributed by atoms with E-state index in [4.69, 9.17) is 0 Å². The van der Waals surface area contributed by atoms with Gasteiger partial charge in [-0.15, -0.1) is 0 Å². The molecule has 2 heterocycles. The Hall–Kier alpha value is -3.16. The third-order valence-electron chi connectivity index (χ3n) is 4.78. The maximum atomic E-state index is 12.5. The highest BCUT2D eigenvalue weighted by molar-refractivity contribution is 5.94. The van der Waals surface area contributed by atoms with E-state index in [0.717, 1.165) is 4.57 Å². The van der Waals surface area contributed by atoms with Gasteiger partial charge in [0.05, 0.1) is 0 Å². The number of amides is 2. The molecule has 8 nitrogen and oxygen atoms in total. The van der Waals surface area contributed by atoms with Crippen LogP contribution in [-0.4, -0.2) is 45.0 Å². The first-order chi connectivity index (χ1) is 13.0. The average molecular weight is 370 g/mol. The smallest absolute Gasteiger partial charge is 0.331 e. The predicted molar refractivity (Wildman–Crippen MR) is 99.5 cm³/mol. The molecule has 3 rings (SSSR count). The molecule has 1 aliphatic heterocycles. The number of hydrogen-bond donors (Lipinski definition) is 1. The number of nitrogens with zero attached hydrogens (tertiary/aromatic N) is 3. The zero-order valence-electron chi connectivity index (χ0n) is 15.1. The Bertz CT molecular complexity index is 940. The van der Waals surface area contributed by atoms with E-state index in [1.807, 2.05) is 18.2 Å². The molecular weight excluding hydrogens is 348 g/mol. The molecule has 2 aromatic rings. The minimum atomic E-state index is -0.513. The Balaban J connectivity index is 1.54. The van der Waals surface area contributed by atoms with Crippen LogP contribution in [0.1, 0.15) is 23.2 Å². The lowest BCUT2D eigenvalue weighted by molar-refractivity contribution is -0.133. The van der Waals surface area contributed by atoms with E-state index < -0.39 is 11.2 Å². The molecule has 1 aromatic carbocycles. The van der Waals surface area contributed by atoms with Crippen LogP contribution in [0, 0.1) is 0 Å². The monoisotopic (exact) mass is 370 g/mol. The van der Waals surface area contributed by atoms with Crippen molar-refractivity contribution in [2.75, 3.05) is 13.1 Å². The highest BCUT2D eigenvalue weighted by atomic mass is 16.2. The lowest BCUT2D eigenvalue weighted by Gasteiger charge is -2.32. The van der Waals surface area contributed by atoms with E-state index in [0.29, 0.717) is 31.5 Å². The van der Waals surface area contributed by atoms with Crippen LogP contribution in [0.15, 0.2) is 52.2 Å². The maximum Gasteiger partial charge on any atom is 0.331 e. The Kier molecular flexibility index (Phi) is 5.54. The summed E-state index contributed by atoms with van der Waals surface area (Å²) < 4.78 is 2.20. The number of rotatable bonds is 4. The molecule has 142 valence electrons. The fourth-order valence-corrected chi connectivity index (χ4v) is 3.11. The molecule has 0 radical (unpaired) electrons. The van der Waals surface area contributed by atoms with Gasteiger partial charge in [-0.25, -0.2) is 4.79 Å². The van der Waals surface area contributed by atoms with Gasteiger partial charge >= 0.3 is 5.69 Å². The highest BCUT2D eigenvalue weighted by Gasteiger charge is 2.24. The number of carbonyl (C=O) groups is 2. The minimum absolute atomic E-state index is 0.0158. The first-order valence-electron chi connectivity index (χ1n) is 8.86. The average Bonchev–Trinajstić information content (AvgIpc) is 2.69. The summed E-state index contributed by atoms with van der Waals surface area (Å²) in [6.07, 6.45) is 2.66. The van der Waals surface area contributed by atoms with E-state index in [9.17, 15) is 19.2 Å². The first kappa shape index (κ1) is 18.6. The molecule has 0 unspecified atom stereocenters. The van der Waals surface area contributed by atoms with Gasteiger partial charge in [0.1, 0.15) is 6.54 Å². The maximum absolute atomic E-state index is 12.5. The van der Waals surface area contributed by atoms with Crippen LogP contribution in [0.4, 0.5) is 0 Å². The van der Waals surface area contributed by atoms with Gasteiger partial charge in [-0.1, -0.05) is 18.2 Å². The quantitative estimate of drug-likeness (QED) is 0.818. The number of hydrogen-bond acceptors (Lipinski definition) is 4. The zero-order valence-corrected chi connectivity index (χ0v) is 15.1. The number of likely N-dealkylation sites (tertiary alicyclic amines) is 1. The van der Waals surface area contributed by atoms with Gasteiger partial charge in [-0.2, -0.15) is 0 Å². The summed E-state index contributed by atoms with van der Waals surface area (Å²) in [5.74, 6) is -0.291. The van der Waals surface area contributed by atoms with Crippen LogP contribution in [0.3, 0.4) is 0 Å². The van der Waals surface area contributed by atoms with Crippen LogP contribution < -0.4 is 16.6 Å². The van der Waals surface area contributed by atoms with E-state index in [1.165, 1.54) is 23.9 Å². The summed E-state index contributed by atoms with van der Waals surface area (Å²) >= 11 is 0. The van der Waals surface area contributed by atoms with Crippen molar-refractivity contribution in [3.8, 4) is 0 Å². The van der Waals surface area contributed by atoms with Crippen molar-refractivity contribution < 1.29 is 9.59 Å². The molecule has 8 heteroatoms. The molecule has 1 saturated heterocycles. The normalized spacial score (nSPS) is 14.8. The lowest BCUT2D eigenvalue weighted by atomic mass is 10.0. The molecule has 0 atom stereocenters. The third-order valence-corrected chi connectivity index (χ3v) is 4.78. The number of benzene rings is 1. The van der Waals surface area contributed by atoms with Crippen molar-refractivity contribution in [1.29, 1.82) is 0 Å². The minimum Gasteiger partial charge on any atom is -0.349 e. The van der Waals surface area contributed by atoms with Gasteiger partial charge in [0, 0.05) is 44.0 Å². The van der Waals surface area contributed by atoms with Gasteiger partial charge < -0.3 is 10.2 Å². The summed E-state index contributed by atoms with van der Waals surface area (Å²) in [7, 11) is 1.38. The lowest BCUT2D eigenvalue weighted by Crippen LogP contribution is -2.48. The van der Waals surface area contributed by atoms with Crippen LogP contribution in [-0.2, 0) is 18.4 Å². The second kappa shape index (κ2) is 8.03. The summed E-state index contributed by atoms with van der Waals surface area (Å²) in [6.45, 7) is 0.923. The summed E-state index contributed by atoms with van der Waals surface area (Å²) in [4.78, 5) is 49.8.